The Morgan fingerprint density at radius 3 is 2.90 bits per heavy atom. The van der Waals surface area contributed by atoms with E-state index in [2.05, 4.69) is 9.97 Å². The molecule has 3 rings (SSSR count). The SMILES string of the molecule is O=C(CCc1c[nH]c2nc(Cl)ccc12)N1CCS(=O)CC1. The van der Waals surface area contributed by atoms with E-state index in [4.69, 9.17) is 11.6 Å². The van der Waals surface area contributed by atoms with Gasteiger partial charge in [0.05, 0.1) is 0 Å². The highest BCUT2D eigenvalue weighted by atomic mass is 35.5. The lowest BCUT2D eigenvalue weighted by atomic mass is 10.1. The minimum atomic E-state index is -0.751. The lowest BCUT2D eigenvalue weighted by molar-refractivity contribution is -0.130. The van der Waals surface area contributed by atoms with Gasteiger partial charge in [-0.1, -0.05) is 11.6 Å². The van der Waals surface area contributed by atoms with Crippen molar-refractivity contribution in [3.63, 3.8) is 0 Å². The summed E-state index contributed by atoms with van der Waals surface area (Å²) in [5.74, 6) is 1.32. The zero-order valence-electron chi connectivity index (χ0n) is 11.5. The smallest absolute Gasteiger partial charge is 0.222 e. The molecule has 1 amide bonds. The largest absolute Gasteiger partial charge is 0.346 e. The predicted octanol–water partition coefficient (Wildman–Crippen LogP) is 1.74. The monoisotopic (exact) mass is 325 g/mol. The summed E-state index contributed by atoms with van der Waals surface area (Å²) in [7, 11) is -0.751. The predicted molar refractivity (Wildman–Crippen MR) is 83.9 cm³/mol. The average molecular weight is 326 g/mol. The quantitative estimate of drug-likeness (QED) is 0.874. The number of halogens is 1. The molecule has 21 heavy (non-hydrogen) atoms. The number of fused-ring (bicyclic) bond motifs is 1. The van der Waals surface area contributed by atoms with Gasteiger partial charge in [0.2, 0.25) is 5.91 Å². The van der Waals surface area contributed by atoms with Gasteiger partial charge in [-0.25, -0.2) is 4.98 Å². The van der Waals surface area contributed by atoms with Crippen LogP contribution in [0.1, 0.15) is 12.0 Å². The topological polar surface area (TPSA) is 66.1 Å². The fourth-order valence-corrected chi connectivity index (χ4v) is 3.73. The molecule has 3 heterocycles. The van der Waals surface area contributed by atoms with Gasteiger partial charge in [0.25, 0.3) is 0 Å². The van der Waals surface area contributed by atoms with E-state index >= 15 is 0 Å². The highest BCUT2D eigenvalue weighted by Gasteiger charge is 2.20. The van der Waals surface area contributed by atoms with Gasteiger partial charge in [-0.15, -0.1) is 0 Å². The van der Waals surface area contributed by atoms with E-state index in [-0.39, 0.29) is 5.91 Å². The van der Waals surface area contributed by atoms with E-state index in [0.717, 1.165) is 16.6 Å². The number of aromatic nitrogens is 2. The number of nitrogens with zero attached hydrogens (tertiary/aromatic N) is 2. The van der Waals surface area contributed by atoms with Gasteiger partial charge in [-0.05, 0) is 24.1 Å². The Morgan fingerprint density at radius 2 is 2.14 bits per heavy atom. The lowest BCUT2D eigenvalue weighted by Gasteiger charge is -2.26. The Kier molecular flexibility index (Phi) is 4.26. The fourth-order valence-electron chi connectivity index (χ4n) is 2.53. The van der Waals surface area contributed by atoms with Crippen LogP contribution in [0, 0.1) is 0 Å². The van der Waals surface area contributed by atoms with Crippen LogP contribution in [0.5, 0.6) is 0 Å². The van der Waals surface area contributed by atoms with Crippen molar-refractivity contribution in [2.24, 2.45) is 0 Å². The molecule has 1 aliphatic rings. The van der Waals surface area contributed by atoms with E-state index < -0.39 is 10.8 Å². The standard InChI is InChI=1S/C14H16ClN3O2S/c15-12-3-2-11-10(9-16-14(11)17-12)1-4-13(19)18-5-7-21(20)8-6-18/h2-3,9H,1,4-8H2,(H,16,17). The molecular weight excluding hydrogens is 310 g/mol. The Labute approximate surface area is 130 Å². The number of hydrogen-bond acceptors (Lipinski definition) is 3. The number of hydrogen-bond donors (Lipinski definition) is 1. The van der Waals surface area contributed by atoms with Crippen molar-refractivity contribution in [1.29, 1.82) is 0 Å². The Hall–Kier alpha value is -1.40. The Morgan fingerprint density at radius 1 is 1.38 bits per heavy atom. The molecule has 0 radical (unpaired) electrons. The van der Waals surface area contributed by atoms with Crippen LogP contribution in [0.2, 0.25) is 5.15 Å². The molecule has 0 spiro atoms. The molecule has 5 nitrogen and oxygen atoms in total. The second-order valence-electron chi connectivity index (χ2n) is 5.07. The molecule has 1 N–H and O–H groups in total. The zero-order valence-corrected chi connectivity index (χ0v) is 13.0. The first-order valence-corrected chi connectivity index (χ1v) is 8.75. The molecule has 0 aliphatic carbocycles. The molecule has 0 aromatic carbocycles. The van der Waals surface area contributed by atoms with Crippen LogP contribution < -0.4 is 0 Å². The van der Waals surface area contributed by atoms with Crippen molar-refractivity contribution in [3.8, 4) is 0 Å². The van der Waals surface area contributed by atoms with Gasteiger partial charge in [0, 0.05) is 53.4 Å². The number of rotatable bonds is 3. The minimum Gasteiger partial charge on any atom is -0.346 e. The molecule has 7 heteroatoms. The number of carbonyl (C=O) groups is 1. The van der Waals surface area contributed by atoms with E-state index in [1.54, 1.807) is 6.07 Å². The van der Waals surface area contributed by atoms with Crippen molar-refractivity contribution >= 4 is 39.3 Å². The Bertz CT molecular complexity index is 691. The van der Waals surface area contributed by atoms with Crippen molar-refractivity contribution < 1.29 is 9.00 Å². The van der Waals surface area contributed by atoms with E-state index in [1.807, 2.05) is 17.2 Å². The van der Waals surface area contributed by atoms with Crippen LogP contribution in [-0.4, -0.2) is 49.6 Å². The van der Waals surface area contributed by atoms with Gasteiger partial charge in [0.15, 0.2) is 0 Å². The van der Waals surface area contributed by atoms with Crippen molar-refractivity contribution in [2.45, 2.75) is 12.8 Å². The zero-order chi connectivity index (χ0) is 14.8. The highest BCUT2D eigenvalue weighted by Crippen LogP contribution is 2.20. The van der Waals surface area contributed by atoms with Crippen molar-refractivity contribution in [3.05, 3.63) is 29.0 Å². The second kappa shape index (κ2) is 6.15. The van der Waals surface area contributed by atoms with Crippen molar-refractivity contribution in [2.75, 3.05) is 24.6 Å². The van der Waals surface area contributed by atoms with Crippen LogP contribution in [0.15, 0.2) is 18.3 Å². The summed E-state index contributed by atoms with van der Waals surface area (Å²) in [4.78, 5) is 21.3. The number of nitrogens with one attached hydrogen (secondary N) is 1. The summed E-state index contributed by atoms with van der Waals surface area (Å²) in [5, 5.41) is 1.46. The van der Waals surface area contributed by atoms with Gasteiger partial charge in [-0.2, -0.15) is 0 Å². The van der Waals surface area contributed by atoms with Crippen LogP contribution in [0.3, 0.4) is 0 Å². The third kappa shape index (κ3) is 3.27. The molecule has 0 unspecified atom stereocenters. The number of pyridine rings is 1. The minimum absolute atomic E-state index is 0.128. The third-order valence-corrected chi connectivity index (χ3v) is 5.22. The summed E-state index contributed by atoms with van der Waals surface area (Å²) in [6, 6.07) is 3.67. The molecule has 112 valence electrons. The molecule has 1 saturated heterocycles. The van der Waals surface area contributed by atoms with Gasteiger partial charge < -0.3 is 9.88 Å². The molecule has 0 bridgehead atoms. The van der Waals surface area contributed by atoms with Crippen LogP contribution >= 0.6 is 11.6 Å². The molecular formula is C14H16ClN3O2S. The summed E-state index contributed by atoms with van der Waals surface area (Å²) >= 11 is 5.85. The van der Waals surface area contributed by atoms with Gasteiger partial charge in [-0.3, -0.25) is 9.00 Å². The first-order valence-electron chi connectivity index (χ1n) is 6.89. The lowest BCUT2D eigenvalue weighted by Crippen LogP contribution is -2.41. The number of aromatic amines is 1. The average Bonchev–Trinajstić information content (AvgIpc) is 2.87. The summed E-state index contributed by atoms with van der Waals surface area (Å²) < 4.78 is 11.3. The molecule has 1 fully saturated rings. The van der Waals surface area contributed by atoms with E-state index in [9.17, 15) is 9.00 Å². The number of H-pyrrole nitrogens is 1. The van der Waals surface area contributed by atoms with Crippen LogP contribution in [0.4, 0.5) is 0 Å². The first kappa shape index (κ1) is 14.5. The molecule has 2 aromatic heterocycles. The second-order valence-corrected chi connectivity index (χ2v) is 7.16. The molecule has 0 atom stereocenters. The van der Waals surface area contributed by atoms with Crippen molar-refractivity contribution in [1.82, 2.24) is 14.9 Å². The number of aryl methyl sites for hydroxylation is 1. The van der Waals surface area contributed by atoms with Gasteiger partial charge >= 0.3 is 0 Å². The number of carbonyl (C=O) groups excluding carboxylic acids is 1. The van der Waals surface area contributed by atoms with Crippen LogP contribution in [-0.2, 0) is 22.0 Å². The normalized spacial score (nSPS) is 16.5. The van der Waals surface area contributed by atoms with E-state index in [0.29, 0.717) is 42.6 Å². The molecule has 0 saturated carbocycles. The summed E-state index contributed by atoms with van der Waals surface area (Å²) in [6.45, 7) is 1.22. The Balaban J connectivity index is 1.63. The summed E-state index contributed by atoms with van der Waals surface area (Å²) in [6.07, 6.45) is 3.01. The number of amides is 1. The first-order chi connectivity index (χ1) is 10.1. The van der Waals surface area contributed by atoms with E-state index in [1.165, 1.54) is 0 Å². The van der Waals surface area contributed by atoms with Crippen LogP contribution in [0.25, 0.3) is 11.0 Å². The highest BCUT2D eigenvalue weighted by molar-refractivity contribution is 7.85. The maximum Gasteiger partial charge on any atom is 0.222 e. The third-order valence-electron chi connectivity index (χ3n) is 3.73. The summed E-state index contributed by atoms with van der Waals surface area (Å²) in [5.41, 5.74) is 1.82. The fraction of sp³-hybridized carbons (Fsp3) is 0.429. The molecule has 2 aromatic rings. The molecule has 1 aliphatic heterocycles. The maximum absolute atomic E-state index is 12.2. The maximum atomic E-state index is 12.2. The van der Waals surface area contributed by atoms with Gasteiger partial charge in [0.1, 0.15) is 10.8 Å².